The van der Waals surface area contributed by atoms with Crippen molar-refractivity contribution in [1.82, 2.24) is 4.90 Å². The lowest BCUT2D eigenvalue weighted by Gasteiger charge is -2.37. The van der Waals surface area contributed by atoms with Gasteiger partial charge in [0.25, 0.3) is 0 Å². The highest BCUT2D eigenvalue weighted by Crippen LogP contribution is 2.39. The molecule has 0 radical (unpaired) electrons. The first kappa shape index (κ1) is 21.9. The SMILES string of the molecule is CCOC(=O)C[C@H](c1ccc2c(c1)OCO2)N(Cc1ccccc1)[C@@H](C)c1ccccc1. The summed E-state index contributed by atoms with van der Waals surface area (Å²) in [5.41, 5.74) is 3.38. The van der Waals surface area contributed by atoms with Crippen LogP contribution in [0.3, 0.4) is 0 Å². The minimum atomic E-state index is -0.214. The topological polar surface area (TPSA) is 48.0 Å². The van der Waals surface area contributed by atoms with Crippen LogP contribution in [0.1, 0.15) is 49.0 Å². The molecule has 0 spiro atoms. The van der Waals surface area contributed by atoms with Gasteiger partial charge in [0.15, 0.2) is 11.5 Å². The van der Waals surface area contributed by atoms with Gasteiger partial charge in [0, 0.05) is 18.6 Å². The number of carbonyl (C=O) groups excluding carboxylic acids is 1. The van der Waals surface area contributed by atoms with Crippen LogP contribution in [0.4, 0.5) is 0 Å². The molecular weight excluding hydrogens is 402 g/mol. The molecule has 1 aliphatic rings. The van der Waals surface area contributed by atoms with Crippen molar-refractivity contribution in [2.45, 2.75) is 38.9 Å². The quantitative estimate of drug-likeness (QED) is 0.408. The fourth-order valence-corrected chi connectivity index (χ4v) is 4.16. The van der Waals surface area contributed by atoms with Gasteiger partial charge in [-0.3, -0.25) is 9.69 Å². The minimum absolute atomic E-state index is 0.0706. The fourth-order valence-electron chi connectivity index (χ4n) is 4.16. The van der Waals surface area contributed by atoms with E-state index in [1.807, 2.05) is 61.5 Å². The highest BCUT2D eigenvalue weighted by atomic mass is 16.7. The van der Waals surface area contributed by atoms with Gasteiger partial charge in [-0.1, -0.05) is 66.7 Å². The molecule has 5 nitrogen and oxygen atoms in total. The van der Waals surface area contributed by atoms with Gasteiger partial charge in [-0.25, -0.2) is 0 Å². The van der Waals surface area contributed by atoms with Crippen LogP contribution >= 0.6 is 0 Å². The van der Waals surface area contributed by atoms with Gasteiger partial charge in [0.05, 0.1) is 13.0 Å². The zero-order valence-electron chi connectivity index (χ0n) is 18.6. The molecule has 0 saturated heterocycles. The van der Waals surface area contributed by atoms with E-state index in [1.165, 1.54) is 11.1 Å². The number of hydrogen-bond acceptors (Lipinski definition) is 5. The van der Waals surface area contributed by atoms with E-state index in [9.17, 15) is 4.79 Å². The smallest absolute Gasteiger partial charge is 0.307 e. The third-order valence-corrected chi connectivity index (χ3v) is 5.83. The van der Waals surface area contributed by atoms with Gasteiger partial charge in [0.2, 0.25) is 6.79 Å². The van der Waals surface area contributed by atoms with E-state index in [0.717, 1.165) is 11.3 Å². The third-order valence-electron chi connectivity index (χ3n) is 5.83. The summed E-state index contributed by atoms with van der Waals surface area (Å²) in [7, 11) is 0. The second-order valence-corrected chi connectivity index (χ2v) is 7.88. The standard InChI is InChI=1S/C27H29NO4/c1-3-30-27(29)17-24(23-14-15-25-26(16-23)32-19-31-25)28(18-21-10-6-4-7-11-21)20(2)22-12-8-5-9-13-22/h4-16,20,24H,3,17-19H2,1-2H3/t20-,24+/m0/s1. The minimum Gasteiger partial charge on any atom is -0.466 e. The van der Waals surface area contributed by atoms with Crippen molar-refractivity contribution < 1.29 is 19.0 Å². The molecule has 0 fully saturated rings. The van der Waals surface area contributed by atoms with Crippen LogP contribution in [-0.2, 0) is 16.1 Å². The van der Waals surface area contributed by atoms with E-state index in [2.05, 4.69) is 36.1 Å². The van der Waals surface area contributed by atoms with E-state index < -0.39 is 0 Å². The molecule has 0 bridgehead atoms. The first-order valence-electron chi connectivity index (χ1n) is 11.1. The van der Waals surface area contributed by atoms with E-state index in [0.29, 0.717) is 18.9 Å². The molecule has 3 aromatic carbocycles. The summed E-state index contributed by atoms with van der Waals surface area (Å²) < 4.78 is 16.5. The molecule has 0 saturated carbocycles. The van der Waals surface area contributed by atoms with Crippen LogP contribution in [-0.4, -0.2) is 24.3 Å². The van der Waals surface area contributed by atoms with Gasteiger partial charge < -0.3 is 14.2 Å². The molecule has 5 heteroatoms. The van der Waals surface area contributed by atoms with Crippen molar-refractivity contribution in [2.75, 3.05) is 13.4 Å². The van der Waals surface area contributed by atoms with Crippen LogP contribution in [0.5, 0.6) is 11.5 Å². The molecular formula is C27H29NO4. The number of fused-ring (bicyclic) bond motifs is 1. The lowest BCUT2D eigenvalue weighted by atomic mass is 9.96. The van der Waals surface area contributed by atoms with Gasteiger partial charge >= 0.3 is 5.97 Å². The number of hydrogen-bond donors (Lipinski definition) is 0. The average molecular weight is 432 g/mol. The van der Waals surface area contributed by atoms with Crippen molar-refractivity contribution >= 4 is 5.97 Å². The zero-order chi connectivity index (χ0) is 22.3. The molecule has 4 rings (SSSR count). The Hall–Kier alpha value is -3.31. The van der Waals surface area contributed by atoms with Crippen molar-refractivity contribution in [1.29, 1.82) is 0 Å². The summed E-state index contributed by atoms with van der Waals surface area (Å²) in [6.45, 7) is 5.29. The highest BCUT2D eigenvalue weighted by Gasteiger charge is 2.30. The number of esters is 1. The molecule has 1 aliphatic heterocycles. The largest absolute Gasteiger partial charge is 0.466 e. The lowest BCUT2D eigenvalue weighted by molar-refractivity contribution is -0.145. The van der Waals surface area contributed by atoms with Gasteiger partial charge in [0.1, 0.15) is 0 Å². The van der Waals surface area contributed by atoms with Gasteiger partial charge in [-0.05, 0) is 42.7 Å². The number of rotatable bonds is 9. The van der Waals surface area contributed by atoms with E-state index in [-0.39, 0.29) is 31.3 Å². The molecule has 2 atom stereocenters. The summed E-state index contributed by atoms with van der Waals surface area (Å²) in [6.07, 6.45) is 0.248. The van der Waals surface area contributed by atoms with Crippen molar-refractivity contribution in [2.24, 2.45) is 0 Å². The number of benzene rings is 3. The van der Waals surface area contributed by atoms with Crippen LogP contribution < -0.4 is 9.47 Å². The number of ether oxygens (including phenoxy) is 3. The molecule has 1 heterocycles. The maximum atomic E-state index is 12.7. The number of nitrogens with zero attached hydrogens (tertiary/aromatic N) is 1. The van der Waals surface area contributed by atoms with Crippen LogP contribution in [0.2, 0.25) is 0 Å². The molecule has 3 aromatic rings. The summed E-state index contributed by atoms with van der Waals surface area (Å²) >= 11 is 0. The summed E-state index contributed by atoms with van der Waals surface area (Å²) in [5.74, 6) is 1.23. The summed E-state index contributed by atoms with van der Waals surface area (Å²) in [5, 5.41) is 0. The molecule has 0 amide bonds. The Morgan fingerprint density at radius 2 is 1.62 bits per heavy atom. The number of carbonyl (C=O) groups is 1. The lowest BCUT2D eigenvalue weighted by Crippen LogP contribution is -2.33. The maximum absolute atomic E-state index is 12.7. The predicted molar refractivity (Wildman–Crippen MR) is 123 cm³/mol. The Bertz CT molecular complexity index is 1020. The van der Waals surface area contributed by atoms with Crippen molar-refractivity contribution in [3.63, 3.8) is 0 Å². The molecule has 0 N–H and O–H groups in total. The van der Waals surface area contributed by atoms with E-state index >= 15 is 0 Å². The molecule has 0 aliphatic carbocycles. The first-order chi connectivity index (χ1) is 15.7. The first-order valence-corrected chi connectivity index (χ1v) is 11.1. The zero-order valence-corrected chi connectivity index (χ0v) is 18.6. The Labute approximate surface area is 189 Å². The molecule has 0 unspecified atom stereocenters. The second-order valence-electron chi connectivity index (χ2n) is 7.88. The van der Waals surface area contributed by atoms with Crippen molar-refractivity contribution in [3.8, 4) is 11.5 Å². The fraction of sp³-hybridized carbons (Fsp3) is 0.296. The monoisotopic (exact) mass is 431 g/mol. The van der Waals surface area contributed by atoms with Crippen molar-refractivity contribution in [3.05, 3.63) is 95.6 Å². The van der Waals surface area contributed by atoms with E-state index in [1.54, 1.807) is 0 Å². The van der Waals surface area contributed by atoms with E-state index in [4.69, 9.17) is 14.2 Å². The van der Waals surface area contributed by atoms with Gasteiger partial charge in [-0.2, -0.15) is 0 Å². The van der Waals surface area contributed by atoms with Crippen LogP contribution in [0.25, 0.3) is 0 Å². The summed E-state index contributed by atoms with van der Waals surface area (Å²) in [6, 6.07) is 26.5. The predicted octanol–water partition coefficient (Wildman–Crippen LogP) is 5.67. The maximum Gasteiger partial charge on any atom is 0.307 e. The molecule has 32 heavy (non-hydrogen) atoms. The van der Waals surface area contributed by atoms with Gasteiger partial charge in [-0.15, -0.1) is 0 Å². The normalized spacial score (nSPS) is 14.2. The Morgan fingerprint density at radius 3 is 2.34 bits per heavy atom. The Kier molecular flexibility index (Phi) is 7.07. The van der Waals surface area contributed by atoms with Crippen LogP contribution in [0.15, 0.2) is 78.9 Å². The highest BCUT2D eigenvalue weighted by molar-refractivity contribution is 5.70. The molecule has 166 valence electrons. The Morgan fingerprint density at radius 1 is 0.938 bits per heavy atom. The average Bonchev–Trinajstić information content (AvgIpc) is 3.30. The Balaban J connectivity index is 1.74. The summed E-state index contributed by atoms with van der Waals surface area (Å²) in [4.78, 5) is 15.0. The second kappa shape index (κ2) is 10.3. The third kappa shape index (κ3) is 5.11. The van der Waals surface area contributed by atoms with Crippen LogP contribution in [0, 0.1) is 0 Å². The molecule has 0 aromatic heterocycles.